The lowest BCUT2D eigenvalue weighted by Gasteiger charge is -1.94. The highest BCUT2D eigenvalue weighted by molar-refractivity contribution is 7.20. The van der Waals surface area contributed by atoms with Gasteiger partial charge in [-0.1, -0.05) is 5.16 Å². The van der Waals surface area contributed by atoms with E-state index in [0.29, 0.717) is 0 Å². The first kappa shape index (κ1) is 11.8. The topological polar surface area (TPSA) is 77.1 Å². The van der Waals surface area contributed by atoms with Gasteiger partial charge in [0.15, 0.2) is 17.3 Å². The fourth-order valence-corrected chi connectivity index (χ4v) is 2.57. The van der Waals surface area contributed by atoms with E-state index in [0.717, 1.165) is 26.5 Å². The number of thiophene rings is 1. The number of ether oxygens (including phenoxy) is 2. The van der Waals surface area contributed by atoms with Gasteiger partial charge in [-0.2, -0.15) is 0 Å². The molecule has 0 radical (unpaired) electrons. The van der Waals surface area contributed by atoms with Crippen molar-refractivity contribution in [2.45, 2.75) is 0 Å². The molecular formula is C10H9ClN2O3S. The third-order valence-electron chi connectivity index (χ3n) is 2.37. The second-order valence-electron chi connectivity index (χ2n) is 3.34. The van der Waals surface area contributed by atoms with Gasteiger partial charge in [0.05, 0.1) is 4.88 Å². The lowest BCUT2D eigenvalue weighted by atomic mass is 10.2. The first-order valence-corrected chi connectivity index (χ1v) is 5.40. The van der Waals surface area contributed by atoms with Crippen molar-refractivity contribution in [2.75, 3.05) is 6.79 Å². The lowest BCUT2D eigenvalue weighted by molar-refractivity contribution is 0.174. The summed E-state index contributed by atoms with van der Waals surface area (Å²) in [4.78, 5) is 0.723. The smallest absolute Gasteiger partial charge is 0.231 e. The molecule has 1 aliphatic rings. The van der Waals surface area contributed by atoms with Crippen LogP contribution in [0.1, 0.15) is 4.88 Å². The Morgan fingerprint density at radius 2 is 2.00 bits per heavy atom. The van der Waals surface area contributed by atoms with E-state index in [2.05, 4.69) is 5.16 Å². The molecule has 0 amide bonds. The van der Waals surface area contributed by atoms with E-state index in [1.165, 1.54) is 11.3 Å². The molecule has 0 aliphatic carbocycles. The standard InChI is InChI=1S/C10H8N2O3S.ClH/c11-10(12-13)9-2-5-1-6-7(15-4-14-6)3-8(5)16-9;/h1-3,13H,4H2,(H2,11,12);1H. The van der Waals surface area contributed by atoms with E-state index in [1.54, 1.807) is 0 Å². The number of halogens is 1. The van der Waals surface area contributed by atoms with Crippen LogP contribution in [0.5, 0.6) is 11.5 Å². The van der Waals surface area contributed by atoms with Crippen molar-refractivity contribution >= 4 is 39.7 Å². The Morgan fingerprint density at radius 3 is 2.71 bits per heavy atom. The Kier molecular flexibility index (Phi) is 2.99. The average molecular weight is 273 g/mol. The minimum atomic E-state index is 0. The zero-order chi connectivity index (χ0) is 11.1. The van der Waals surface area contributed by atoms with Crippen molar-refractivity contribution in [3.63, 3.8) is 0 Å². The van der Waals surface area contributed by atoms with Crippen LogP contribution in [0.25, 0.3) is 10.1 Å². The van der Waals surface area contributed by atoms with Gasteiger partial charge in [-0.3, -0.25) is 0 Å². The first-order chi connectivity index (χ1) is 7.78. The average Bonchev–Trinajstić information content (AvgIpc) is 2.89. The van der Waals surface area contributed by atoms with E-state index in [-0.39, 0.29) is 25.0 Å². The van der Waals surface area contributed by atoms with Crippen molar-refractivity contribution < 1.29 is 14.7 Å². The number of amidine groups is 1. The van der Waals surface area contributed by atoms with Crippen molar-refractivity contribution in [1.82, 2.24) is 0 Å². The minimum absolute atomic E-state index is 0. The first-order valence-electron chi connectivity index (χ1n) is 4.59. The van der Waals surface area contributed by atoms with Crippen LogP contribution in [-0.2, 0) is 0 Å². The number of hydrogen-bond donors (Lipinski definition) is 2. The molecule has 1 aromatic carbocycles. The molecule has 0 saturated carbocycles. The van der Waals surface area contributed by atoms with Crippen LogP contribution in [0, 0.1) is 0 Å². The predicted molar refractivity (Wildman–Crippen MR) is 67.7 cm³/mol. The van der Waals surface area contributed by atoms with Crippen molar-refractivity contribution in [2.24, 2.45) is 10.9 Å². The van der Waals surface area contributed by atoms with Gasteiger partial charge in [-0.05, 0) is 17.5 Å². The lowest BCUT2D eigenvalue weighted by Crippen LogP contribution is -2.10. The third kappa shape index (κ3) is 1.85. The molecule has 3 rings (SSSR count). The predicted octanol–water partition coefficient (Wildman–Crippen LogP) is 2.15. The molecule has 0 fully saturated rings. The van der Waals surface area contributed by atoms with Crippen LogP contribution in [-0.4, -0.2) is 17.8 Å². The Balaban J connectivity index is 0.00000108. The summed E-state index contributed by atoms with van der Waals surface area (Å²) < 4.78 is 11.6. The summed E-state index contributed by atoms with van der Waals surface area (Å²) >= 11 is 1.44. The second-order valence-corrected chi connectivity index (χ2v) is 4.42. The molecule has 3 N–H and O–H groups in total. The van der Waals surface area contributed by atoms with Crippen LogP contribution in [0.4, 0.5) is 0 Å². The Hall–Kier alpha value is -1.66. The molecule has 0 atom stereocenters. The summed E-state index contributed by atoms with van der Waals surface area (Å²) in [5, 5.41) is 12.6. The quantitative estimate of drug-likeness (QED) is 0.361. The van der Waals surface area contributed by atoms with E-state index in [9.17, 15) is 0 Å². The number of benzene rings is 1. The molecule has 7 heteroatoms. The molecule has 1 aliphatic heterocycles. The maximum atomic E-state index is 8.60. The highest BCUT2D eigenvalue weighted by atomic mass is 35.5. The fraction of sp³-hybridized carbons (Fsp3) is 0.100. The van der Waals surface area contributed by atoms with Crippen LogP contribution >= 0.6 is 23.7 Å². The summed E-state index contributed by atoms with van der Waals surface area (Å²) in [5.74, 6) is 1.58. The molecule has 17 heavy (non-hydrogen) atoms. The number of nitrogens with two attached hydrogens (primary N) is 1. The van der Waals surface area contributed by atoms with E-state index in [4.69, 9.17) is 20.4 Å². The van der Waals surface area contributed by atoms with Crippen molar-refractivity contribution in [3.8, 4) is 11.5 Å². The van der Waals surface area contributed by atoms with Crippen LogP contribution < -0.4 is 15.2 Å². The third-order valence-corrected chi connectivity index (χ3v) is 3.49. The zero-order valence-corrected chi connectivity index (χ0v) is 10.2. The zero-order valence-electron chi connectivity index (χ0n) is 8.54. The molecule has 1 aromatic heterocycles. The number of hydrogen-bond acceptors (Lipinski definition) is 5. The molecule has 0 unspecified atom stereocenters. The van der Waals surface area contributed by atoms with Gasteiger partial charge in [0.25, 0.3) is 0 Å². The number of oxime groups is 1. The van der Waals surface area contributed by atoms with Gasteiger partial charge in [-0.15, -0.1) is 23.7 Å². The number of rotatable bonds is 1. The summed E-state index contributed by atoms with van der Waals surface area (Å²) in [5.41, 5.74) is 5.53. The summed E-state index contributed by atoms with van der Waals surface area (Å²) in [7, 11) is 0. The van der Waals surface area contributed by atoms with Gasteiger partial charge in [0.2, 0.25) is 6.79 Å². The summed E-state index contributed by atoms with van der Waals surface area (Å²) in [6, 6.07) is 5.65. The normalized spacial score (nSPS) is 13.8. The highest BCUT2D eigenvalue weighted by Crippen LogP contribution is 2.39. The van der Waals surface area contributed by atoms with E-state index >= 15 is 0 Å². The van der Waals surface area contributed by atoms with Crippen LogP contribution in [0.3, 0.4) is 0 Å². The van der Waals surface area contributed by atoms with Crippen LogP contribution in [0.15, 0.2) is 23.4 Å². The van der Waals surface area contributed by atoms with E-state index < -0.39 is 0 Å². The molecule has 0 spiro atoms. The molecule has 0 saturated heterocycles. The molecule has 2 heterocycles. The van der Waals surface area contributed by atoms with Gasteiger partial charge in [-0.25, -0.2) is 0 Å². The Labute approximate surface area is 107 Å². The molecule has 90 valence electrons. The second kappa shape index (κ2) is 4.31. The highest BCUT2D eigenvalue weighted by Gasteiger charge is 2.16. The van der Waals surface area contributed by atoms with Crippen molar-refractivity contribution in [3.05, 3.63) is 23.1 Å². The maximum Gasteiger partial charge on any atom is 0.231 e. The largest absolute Gasteiger partial charge is 0.454 e. The van der Waals surface area contributed by atoms with Crippen molar-refractivity contribution in [1.29, 1.82) is 0 Å². The molecule has 2 aromatic rings. The summed E-state index contributed by atoms with van der Waals surface area (Å²) in [6.07, 6.45) is 0. The maximum absolute atomic E-state index is 8.60. The SMILES string of the molecule is Cl.N/C(=N/O)c1cc2cc3c(cc2s1)OCO3. The summed E-state index contributed by atoms with van der Waals surface area (Å²) in [6.45, 7) is 0.264. The monoisotopic (exact) mass is 272 g/mol. The molecule has 5 nitrogen and oxygen atoms in total. The van der Waals surface area contributed by atoms with Crippen LogP contribution in [0.2, 0.25) is 0 Å². The van der Waals surface area contributed by atoms with E-state index in [1.807, 2.05) is 18.2 Å². The molecule has 0 bridgehead atoms. The number of fused-ring (bicyclic) bond motifs is 2. The Morgan fingerprint density at radius 1 is 1.29 bits per heavy atom. The molecular weight excluding hydrogens is 264 g/mol. The Bertz CT molecular complexity index is 555. The van der Waals surface area contributed by atoms with Gasteiger partial charge >= 0.3 is 0 Å². The minimum Gasteiger partial charge on any atom is -0.454 e. The fourth-order valence-electron chi connectivity index (χ4n) is 1.60. The number of nitrogens with zero attached hydrogens (tertiary/aromatic N) is 1. The van der Waals surface area contributed by atoms with Gasteiger partial charge in [0, 0.05) is 10.8 Å². The van der Waals surface area contributed by atoms with Gasteiger partial charge in [0.1, 0.15) is 0 Å². The van der Waals surface area contributed by atoms with Gasteiger partial charge < -0.3 is 20.4 Å².